The Kier molecular flexibility index (Phi) is 4.55. The molecule has 0 aliphatic heterocycles. The van der Waals surface area contributed by atoms with Gasteiger partial charge in [-0.05, 0) is 17.4 Å². The van der Waals surface area contributed by atoms with Crippen molar-refractivity contribution in [3.8, 4) is 0 Å². The number of benzene rings is 1. The summed E-state index contributed by atoms with van der Waals surface area (Å²) in [6.45, 7) is 6.48. The van der Waals surface area contributed by atoms with Crippen LogP contribution in [0.15, 0.2) is 34.9 Å². The summed E-state index contributed by atoms with van der Waals surface area (Å²) < 4.78 is 5.28. The summed E-state index contributed by atoms with van der Waals surface area (Å²) in [4.78, 5) is 4.43. The van der Waals surface area contributed by atoms with Gasteiger partial charge >= 0.3 is 0 Å². The lowest BCUT2D eigenvalue weighted by Gasteiger charge is -2.14. The molecule has 1 aromatic carbocycles. The van der Waals surface area contributed by atoms with Crippen LogP contribution in [-0.2, 0) is 12.8 Å². The Morgan fingerprint density at radius 3 is 2.55 bits per heavy atom. The van der Waals surface area contributed by atoms with Gasteiger partial charge in [-0.2, -0.15) is 4.98 Å². The summed E-state index contributed by atoms with van der Waals surface area (Å²) in [6, 6.07) is 10.1. The Hall–Kier alpha value is -1.68. The van der Waals surface area contributed by atoms with Crippen LogP contribution in [0.5, 0.6) is 0 Å². The van der Waals surface area contributed by atoms with Gasteiger partial charge in [0.15, 0.2) is 5.82 Å². The van der Waals surface area contributed by atoms with Crippen LogP contribution >= 0.6 is 0 Å². The topological polar surface area (TPSA) is 64.9 Å². The Morgan fingerprint density at radius 1 is 1.20 bits per heavy atom. The first-order valence-corrected chi connectivity index (χ1v) is 7.06. The quantitative estimate of drug-likeness (QED) is 0.907. The molecule has 0 aliphatic carbocycles. The van der Waals surface area contributed by atoms with Gasteiger partial charge in [-0.1, -0.05) is 56.3 Å². The van der Waals surface area contributed by atoms with Gasteiger partial charge in [0.25, 0.3) is 0 Å². The van der Waals surface area contributed by atoms with E-state index in [-0.39, 0.29) is 11.5 Å². The average Bonchev–Trinajstić information content (AvgIpc) is 2.82. The normalized spacial score (nSPS) is 13.4. The van der Waals surface area contributed by atoms with Crippen molar-refractivity contribution in [2.45, 2.75) is 46.1 Å². The molecule has 0 amide bonds. The highest BCUT2D eigenvalue weighted by Gasteiger charge is 2.16. The van der Waals surface area contributed by atoms with E-state index in [1.54, 1.807) is 0 Å². The van der Waals surface area contributed by atoms with Crippen molar-refractivity contribution in [1.82, 2.24) is 10.1 Å². The summed E-state index contributed by atoms with van der Waals surface area (Å²) in [5.41, 5.74) is 7.47. The molecule has 0 bridgehead atoms. The predicted molar refractivity (Wildman–Crippen MR) is 79.1 cm³/mol. The van der Waals surface area contributed by atoms with Crippen LogP contribution < -0.4 is 5.73 Å². The lowest BCUT2D eigenvalue weighted by molar-refractivity contribution is 0.351. The maximum Gasteiger partial charge on any atom is 0.226 e. The standard InChI is InChI=1S/C16H23N3O/c1-16(2,3)11-14-18-15(20-19-14)10-9-13(17)12-7-5-4-6-8-12/h4-8,13H,9-11,17H2,1-3H3. The van der Waals surface area contributed by atoms with E-state index in [0.29, 0.717) is 12.3 Å². The molecule has 1 unspecified atom stereocenters. The summed E-state index contributed by atoms with van der Waals surface area (Å²) in [5, 5.41) is 4.03. The third kappa shape index (κ3) is 4.46. The monoisotopic (exact) mass is 273 g/mol. The van der Waals surface area contributed by atoms with E-state index in [1.807, 2.05) is 30.3 Å². The first-order valence-electron chi connectivity index (χ1n) is 7.06. The minimum atomic E-state index is 0.00849. The molecule has 1 heterocycles. The molecule has 1 aromatic heterocycles. The first-order chi connectivity index (χ1) is 9.44. The van der Waals surface area contributed by atoms with Gasteiger partial charge in [0.2, 0.25) is 5.89 Å². The molecule has 0 aliphatic rings. The largest absolute Gasteiger partial charge is 0.339 e. The van der Waals surface area contributed by atoms with Gasteiger partial charge in [0, 0.05) is 18.9 Å². The Labute approximate surface area is 120 Å². The molecule has 2 rings (SSSR count). The minimum absolute atomic E-state index is 0.00849. The molecule has 0 saturated carbocycles. The van der Waals surface area contributed by atoms with Gasteiger partial charge in [-0.3, -0.25) is 0 Å². The molecular weight excluding hydrogens is 250 g/mol. The molecule has 0 radical (unpaired) electrons. The van der Waals surface area contributed by atoms with E-state index in [0.717, 1.165) is 24.2 Å². The molecule has 4 heteroatoms. The minimum Gasteiger partial charge on any atom is -0.339 e. The van der Waals surface area contributed by atoms with Crippen molar-refractivity contribution in [3.05, 3.63) is 47.6 Å². The van der Waals surface area contributed by atoms with E-state index in [9.17, 15) is 0 Å². The van der Waals surface area contributed by atoms with Crippen molar-refractivity contribution in [1.29, 1.82) is 0 Å². The predicted octanol–water partition coefficient (Wildman–Crippen LogP) is 3.29. The van der Waals surface area contributed by atoms with Crippen LogP contribution in [0.4, 0.5) is 0 Å². The van der Waals surface area contributed by atoms with E-state index in [1.165, 1.54) is 0 Å². The van der Waals surface area contributed by atoms with Gasteiger partial charge in [0.05, 0.1) is 0 Å². The highest BCUT2D eigenvalue weighted by molar-refractivity contribution is 5.18. The number of nitrogens with zero attached hydrogens (tertiary/aromatic N) is 2. The number of rotatable bonds is 5. The lowest BCUT2D eigenvalue weighted by atomic mass is 9.92. The maximum absolute atomic E-state index is 6.16. The third-order valence-electron chi connectivity index (χ3n) is 3.10. The van der Waals surface area contributed by atoms with Gasteiger partial charge in [-0.15, -0.1) is 0 Å². The second-order valence-electron chi connectivity index (χ2n) is 6.40. The lowest BCUT2D eigenvalue weighted by Crippen LogP contribution is -2.11. The molecule has 0 fully saturated rings. The van der Waals surface area contributed by atoms with Crippen LogP contribution in [0.25, 0.3) is 0 Å². The van der Waals surface area contributed by atoms with Gasteiger partial charge in [-0.25, -0.2) is 0 Å². The zero-order valence-corrected chi connectivity index (χ0v) is 12.5. The zero-order valence-electron chi connectivity index (χ0n) is 12.5. The SMILES string of the molecule is CC(C)(C)Cc1noc(CCC(N)c2ccccc2)n1. The summed E-state index contributed by atoms with van der Waals surface area (Å²) >= 11 is 0. The Bertz CT molecular complexity index is 528. The molecule has 4 nitrogen and oxygen atoms in total. The van der Waals surface area contributed by atoms with E-state index < -0.39 is 0 Å². The van der Waals surface area contributed by atoms with Crippen LogP contribution in [-0.4, -0.2) is 10.1 Å². The molecule has 2 N–H and O–H groups in total. The smallest absolute Gasteiger partial charge is 0.226 e. The molecule has 2 aromatic rings. The second kappa shape index (κ2) is 6.18. The fraction of sp³-hybridized carbons (Fsp3) is 0.500. The molecule has 0 saturated heterocycles. The van der Waals surface area contributed by atoms with Crippen LogP contribution in [0, 0.1) is 5.41 Å². The summed E-state index contributed by atoms with van der Waals surface area (Å²) in [7, 11) is 0. The number of hydrogen-bond donors (Lipinski definition) is 1. The van der Waals surface area contributed by atoms with Crippen LogP contribution in [0.2, 0.25) is 0 Å². The fourth-order valence-corrected chi connectivity index (χ4v) is 2.08. The number of aromatic nitrogens is 2. The molecular formula is C16H23N3O. The maximum atomic E-state index is 6.16. The number of nitrogens with two attached hydrogens (primary N) is 1. The highest BCUT2D eigenvalue weighted by Crippen LogP contribution is 2.20. The van der Waals surface area contributed by atoms with E-state index in [4.69, 9.17) is 10.3 Å². The number of hydrogen-bond acceptors (Lipinski definition) is 4. The van der Waals surface area contributed by atoms with E-state index >= 15 is 0 Å². The van der Waals surface area contributed by atoms with Crippen LogP contribution in [0.1, 0.15) is 50.5 Å². The summed E-state index contributed by atoms with van der Waals surface area (Å²) in [6.07, 6.45) is 2.34. The molecule has 20 heavy (non-hydrogen) atoms. The fourth-order valence-electron chi connectivity index (χ4n) is 2.08. The van der Waals surface area contributed by atoms with Crippen LogP contribution in [0.3, 0.4) is 0 Å². The highest BCUT2D eigenvalue weighted by atomic mass is 16.5. The van der Waals surface area contributed by atoms with Crippen molar-refractivity contribution in [2.75, 3.05) is 0 Å². The number of aryl methyl sites for hydroxylation is 1. The zero-order chi connectivity index (χ0) is 14.6. The van der Waals surface area contributed by atoms with E-state index in [2.05, 4.69) is 30.9 Å². The van der Waals surface area contributed by atoms with Crippen molar-refractivity contribution >= 4 is 0 Å². The third-order valence-corrected chi connectivity index (χ3v) is 3.10. The summed E-state index contributed by atoms with van der Waals surface area (Å²) in [5.74, 6) is 1.46. The average molecular weight is 273 g/mol. The van der Waals surface area contributed by atoms with Crippen molar-refractivity contribution in [2.24, 2.45) is 11.1 Å². The first kappa shape index (κ1) is 14.7. The van der Waals surface area contributed by atoms with Gasteiger partial charge in [0.1, 0.15) is 0 Å². The molecule has 1 atom stereocenters. The second-order valence-corrected chi connectivity index (χ2v) is 6.40. The molecule has 0 spiro atoms. The Morgan fingerprint density at radius 2 is 1.90 bits per heavy atom. The van der Waals surface area contributed by atoms with Gasteiger partial charge < -0.3 is 10.3 Å². The van der Waals surface area contributed by atoms with Crippen molar-refractivity contribution < 1.29 is 4.52 Å². The molecule has 108 valence electrons. The van der Waals surface area contributed by atoms with Crippen molar-refractivity contribution in [3.63, 3.8) is 0 Å². The Balaban J connectivity index is 1.88.